The maximum Gasteiger partial charge on any atom is 0.304 e. The summed E-state index contributed by atoms with van der Waals surface area (Å²) in [6.07, 6.45) is 0. The number of benzene rings is 1. The normalized spacial score (nSPS) is 10.7. The van der Waals surface area contributed by atoms with Crippen LogP contribution in [-0.4, -0.2) is 35.8 Å². The van der Waals surface area contributed by atoms with E-state index in [0.717, 1.165) is 0 Å². The van der Waals surface area contributed by atoms with Crippen LogP contribution in [0.25, 0.3) is 0 Å². The number of quaternary nitrogens is 1. The molecule has 1 aromatic rings. The molecule has 7 N–H and O–H groups in total. The van der Waals surface area contributed by atoms with Gasteiger partial charge in [-0.25, -0.2) is 10.7 Å². The lowest BCUT2D eigenvalue weighted by Crippen LogP contribution is -3.00. The summed E-state index contributed by atoms with van der Waals surface area (Å²) in [5, 5.41) is 8.34. The molecule has 1 rings (SSSR count). The molecule has 0 radical (unpaired) electrons. The second kappa shape index (κ2) is 8.93. The van der Waals surface area contributed by atoms with Gasteiger partial charge in [0, 0.05) is 18.7 Å². The van der Waals surface area contributed by atoms with Gasteiger partial charge < -0.3 is 28.8 Å². The molecular weight excluding hydrogens is 292 g/mol. The molecule has 1 aromatic carbocycles. The first-order valence-corrected chi connectivity index (χ1v) is 6.40. The average Bonchev–Trinajstić information content (AvgIpc) is 2.39. The molecule has 0 aliphatic rings. The van der Waals surface area contributed by atoms with E-state index in [1.807, 2.05) is 13.8 Å². The van der Waals surface area contributed by atoms with Crippen LogP contribution in [0.2, 0.25) is 0 Å². The first-order valence-electron chi connectivity index (χ1n) is 6.40. The Morgan fingerprint density at radius 2 is 1.76 bits per heavy atom. The van der Waals surface area contributed by atoms with Gasteiger partial charge >= 0.3 is 5.96 Å². The van der Waals surface area contributed by atoms with E-state index in [9.17, 15) is 4.79 Å². The Hall–Kier alpha value is -2.12. The summed E-state index contributed by atoms with van der Waals surface area (Å²) >= 11 is 0. The SMILES string of the molecule is CCN(CC)C(=O)c1ccc(N=C(N)[NH2+]C(=N)N)cc1.[Cl-]. The zero-order valence-corrected chi connectivity index (χ0v) is 12.9. The number of carbonyl (C=O) groups is 1. The number of rotatable bonds is 4. The molecule has 0 bridgehead atoms. The first kappa shape index (κ1) is 18.9. The third-order valence-corrected chi connectivity index (χ3v) is 2.73. The summed E-state index contributed by atoms with van der Waals surface area (Å²) in [6.45, 7) is 5.24. The zero-order chi connectivity index (χ0) is 15.1. The van der Waals surface area contributed by atoms with Gasteiger partial charge in [-0.1, -0.05) is 0 Å². The molecule has 0 aliphatic heterocycles. The van der Waals surface area contributed by atoms with Crippen LogP contribution < -0.4 is 29.2 Å². The molecule has 0 heterocycles. The molecule has 0 aliphatic carbocycles. The first-order chi connectivity index (χ1) is 9.47. The van der Waals surface area contributed by atoms with E-state index >= 15 is 0 Å². The number of halogens is 1. The largest absolute Gasteiger partial charge is 1.00 e. The van der Waals surface area contributed by atoms with Crippen LogP contribution >= 0.6 is 0 Å². The molecule has 0 saturated carbocycles. The van der Waals surface area contributed by atoms with Crippen LogP contribution in [0.15, 0.2) is 29.3 Å². The van der Waals surface area contributed by atoms with Gasteiger partial charge in [-0.05, 0) is 38.1 Å². The van der Waals surface area contributed by atoms with Crippen molar-refractivity contribution in [1.29, 1.82) is 5.41 Å². The van der Waals surface area contributed by atoms with Crippen LogP contribution in [0.1, 0.15) is 24.2 Å². The van der Waals surface area contributed by atoms with Crippen LogP contribution in [0.5, 0.6) is 0 Å². The summed E-state index contributed by atoms with van der Waals surface area (Å²) in [5.74, 6) is -0.00583. The van der Waals surface area contributed by atoms with Gasteiger partial charge in [0.15, 0.2) is 0 Å². The smallest absolute Gasteiger partial charge is 0.304 e. The lowest BCUT2D eigenvalue weighted by Gasteiger charge is -2.18. The highest BCUT2D eigenvalue weighted by atomic mass is 35.5. The topological polar surface area (TPSA) is 125 Å². The molecule has 0 aromatic heterocycles. The number of hydrogen-bond acceptors (Lipinski definition) is 3. The van der Waals surface area contributed by atoms with E-state index in [-0.39, 0.29) is 30.2 Å². The van der Waals surface area contributed by atoms with Crippen molar-refractivity contribution in [3.63, 3.8) is 0 Å². The number of guanidine groups is 2. The van der Waals surface area contributed by atoms with Crippen LogP contribution in [-0.2, 0) is 0 Å². The summed E-state index contributed by atoms with van der Waals surface area (Å²) in [5.41, 5.74) is 12.0. The second-order valence-corrected chi connectivity index (χ2v) is 4.16. The third kappa shape index (κ3) is 5.80. The van der Waals surface area contributed by atoms with Crippen molar-refractivity contribution < 1.29 is 22.5 Å². The fraction of sp³-hybridized carbons (Fsp3) is 0.308. The Balaban J connectivity index is 0.00000400. The highest BCUT2D eigenvalue weighted by Gasteiger charge is 2.11. The van der Waals surface area contributed by atoms with Gasteiger partial charge in [0.25, 0.3) is 11.9 Å². The molecule has 8 heteroatoms. The molecule has 1 amide bonds. The number of nitrogens with two attached hydrogens (primary N) is 3. The van der Waals surface area contributed by atoms with Crippen molar-refractivity contribution >= 4 is 23.5 Å². The highest BCUT2D eigenvalue weighted by molar-refractivity contribution is 5.94. The Labute approximate surface area is 130 Å². The molecule has 0 unspecified atom stereocenters. The van der Waals surface area contributed by atoms with Crippen molar-refractivity contribution in [2.24, 2.45) is 16.5 Å². The van der Waals surface area contributed by atoms with Crippen LogP contribution in [0.4, 0.5) is 5.69 Å². The molecule has 7 nitrogen and oxygen atoms in total. The summed E-state index contributed by atoms with van der Waals surface area (Å²) < 4.78 is 0. The molecule has 0 fully saturated rings. The summed E-state index contributed by atoms with van der Waals surface area (Å²) in [6, 6.07) is 6.83. The van der Waals surface area contributed by atoms with E-state index in [1.165, 1.54) is 5.32 Å². The van der Waals surface area contributed by atoms with Gasteiger partial charge in [0.2, 0.25) is 0 Å². The maximum atomic E-state index is 12.1. The van der Waals surface area contributed by atoms with Gasteiger partial charge in [-0.3, -0.25) is 4.79 Å². The van der Waals surface area contributed by atoms with Crippen molar-refractivity contribution in [2.75, 3.05) is 13.1 Å². The van der Waals surface area contributed by atoms with E-state index in [4.69, 9.17) is 16.9 Å². The van der Waals surface area contributed by atoms with Gasteiger partial charge in [0.05, 0.1) is 5.69 Å². The Bertz CT molecular complexity index is 510. The van der Waals surface area contributed by atoms with Gasteiger partial charge in [-0.2, -0.15) is 4.99 Å². The minimum Gasteiger partial charge on any atom is -1.00 e. The van der Waals surface area contributed by atoms with Gasteiger partial charge in [-0.15, -0.1) is 0 Å². The number of hydrogen-bond donors (Lipinski definition) is 4. The molecule has 116 valence electrons. The second-order valence-electron chi connectivity index (χ2n) is 4.16. The van der Waals surface area contributed by atoms with Crippen molar-refractivity contribution in [3.8, 4) is 0 Å². The number of amides is 1. The van der Waals surface area contributed by atoms with E-state index < -0.39 is 0 Å². The lowest BCUT2D eigenvalue weighted by molar-refractivity contribution is -0.413. The Morgan fingerprint density at radius 1 is 1.24 bits per heavy atom. The van der Waals surface area contributed by atoms with E-state index in [1.54, 1.807) is 29.2 Å². The molecule has 21 heavy (non-hydrogen) atoms. The zero-order valence-electron chi connectivity index (χ0n) is 12.1. The average molecular weight is 313 g/mol. The predicted molar refractivity (Wildman–Crippen MR) is 78.8 cm³/mol. The highest BCUT2D eigenvalue weighted by Crippen LogP contribution is 2.14. The number of carbonyl (C=O) groups excluding carboxylic acids is 1. The van der Waals surface area contributed by atoms with Crippen molar-refractivity contribution in [2.45, 2.75) is 13.8 Å². The Morgan fingerprint density at radius 3 is 2.19 bits per heavy atom. The van der Waals surface area contributed by atoms with Crippen LogP contribution in [0, 0.1) is 5.41 Å². The minimum atomic E-state index is -0.153. The number of aliphatic imine (C=N–C) groups is 1. The fourth-order valence-corrected chi connectivity index (χ4v) is 1.71. The van der Waals surface area contributed by atoms with Crippen LogP contribution in [0.3, 0.4) is 0 Å². The minimum absolute atomic E-state index is 0. The number of nitrogens with zero attached hydrogens (tertiary/aromatic N) is 2. The van der Waals surface area contributed by atoms with E-state index in [2.05, 4.69) is 4.99 Å². The molecule has 0 atom stereocenters. The lowest BCUT2D eigenvalue weighted by atomic mass is 10.2. The molecular formula is C13H21ClN6O. The Kier molecular flexibility index (Phi) is 8.03. The van der Waals surface area contributed by atoms with Crippen molar-refractivity contribution in [3.05, 3.63) is 29.8 Å². The summed E-state index contributed by atoms with van der Waals surface area (Å²) in [7, 11) is 0. The summed E-state index contributed by atoms with van der Waals surface area (Å²) in [4.78, 5) is 17.9. The van der Waals surface area contributed by atoms with Crippen molar-refractivity contribution in [1.82, 2.24) is 4.90 Å². The quantitative estimate of drug-likeness (QED) is 0.342. The fourth-order valence-electron chi connectivity index (χ4n) is 1.71. The standard InChI is InChI=1S/C13H20N6O.ClH/c1-3-19(4-2)11(20)9-5-7-10(8-6-9)17-13(16)18-12(14)15;/h5-8H,3-4H2,1-2H3,(H6,14,15,16,17,18);1H. The third-order valence-electron chi connectivity index (χ3n) is 2.73. The maximum absolute atomic E-state index is 12.1. The number of nitrogens with one attached hydrogen (secondary N) is 1. The predicted octanol–water partition coefficient (Wildman–Crippen LogP) is -3.42. The monoisotopic (exact) mass is 312 g/mol. The molecule has 0 saturated heterocycles. The molecule has 0 spiro atoms. The van der Waals surface area contributed by atoms with E-state index in [0.29, 0.717) is 24.3 Å². The van der Waals surface area contributed by atoms with Gasteiger partial charge in [0.1, 0.15) is 0 Å².